The van der Waals surface area contributed by atoms with Crippen molar-refractivity contribution >= 4 is 0 Å². The Morgan fingerprint density at radius 1 is 1.05 bits per heavy atom. The van der Waals surface area contributed by atoms with Crippen LogP contribution in [0.3, 0.4) is 0 Å². The number of rotatable bonds is 3. The molecular weight excluding hydrogens is 252 g/mol. The van der Waals surface area contributed by atoms with Gasteiger partial charge >= 0.3 is 0 Å². The van der Waals surface area contributed by atoms with E-state index in [9.17, 15) is 0 Å². The lowest BCUT2D eigenvalue weighted by molar-refractivity contribution is 0.399. The summed E-state index contributed by atoms with van der Waals surface area (Å²) in [5.74, 6) is 1.89. The second kappa shape index (κ2) is 5.17. The lowest BCUT2D eigenvalue weighted by Gasteiger charge is -2.03. The molecule has 0 unspecified atom stereocenters. The van der Waals surface area contributed by atoms with Gasteiger partial charge in [0.2, 0.25) is 11.8 Å². The van der Waals surface area contributed by atoms with Gasteiger partial charge in [0, 0.05) is 11.8 Å². The first-order valence-electron chi connectivity index (χ1n) is 6.32. The van der Waals surface area contributed by atoms with Crippen molar-refractivity contribution in [3.63, 3.8) is 0 Å². The molecule has 0 saturated heterocycles. The maximum atomic E-state index is 5.76. The fraction of sp³-hybridized carbons (Fsp3) is 0.125. The first kappa shape index (κ1) is 12.4. The van der Waals surface area contributed by atoms with E-state index in [1.165, 1.54) is 0 Å². The van der Waals surface area contributed by atoms with Crippen molar-refractivity contribution < 1.29 is 9.15 Å². The maximum Gasteiger partial charge on any atom is 0.226 e. The Kier molecular flexibility index (Phi) is 3.21. The average Bonchev–Trinajstić information content (AvgIpc) is 2.90. The van der Waals surface area contributed by atoms with E-state index >= 15 is 0 Å². The van der Waals surface area contributed by atoms with Crippen LogP contribution in [-0.4, -0.2) is 17.1 Å². The Balaban J connectivity index is 2.10. The summed E-state index contributed by atoms with van der Waals surface area (Å²) in [7, 11) is 1.60. The van der Waals surface area contributed by atoms with Crippen LogP contribution in [0.1, 0.15) is 5.76 Å². The Morgan fingerprint density at radius 3 is 2.60 bits per heavy atom. The number of aromatic nitrogens is 2. The highest BCUT2D eigenvalue weighted by molar-refractivity contribution is 5.69. The van der Waals surface area contributed by atoms with Gasteiger partial charge in [-0.2, -0.15) is 0 Å². The van der Waals surface area contributed by atoms with Gasteiger partial charge in [0.25, 0.3) is 0 Å². The summed E-state index contributed by atoms with van der Waals surface area (Å²) in [6, 6.07) is 13.6. The Morgan fingerprint density at radius 2 is 1.85 bits per heavy atom. The highest BCUT2D eigenvalue weighted by atomic mass is 16.5. The SMILES string of the molecule is COc1ncccc1-c1nc(-c2ccccc2)oc1C. The third-order valence-electron chi connectivity index (χ3n) is 3.04. The van der Waals surface area contributed by atoms with Gasteiger partial charge in [-0.3, -0.25) is 0 Å². The van der Waals surface area contributed by atoms with Crippen LogP contribution in [0.2, 0.25) is 0 Å². The minimum Gasteiger partial charge on any atom is -0.481 e. The summed E-state index contributed by atoms with van der Waals surface area (Å²) in [4.78, 5) is 8.77. The molecule has 2 aromatic heterocycles. The number of hydrogen-bond donors (Lipinski definition) is 0. The predicted molar refractivity (Wildman–Crippen MR) is 76.5 cm³/mol. The lowest BCUT2D eigenvalue weighted by Crippen LogP contribution is -1.91. The molecule has 3 aromatic rings. The van der Waals surface area contributed by atoms with Crippen molar-refractivity contribution in [1.29, 1.82) is 0 Å². The molecule has 0 saturated carbocycles. The monoisotopic (exact) mass is 266 g/mol. The summed E-state index contributed by atoms with van der Waals surface area (Å²) in [5.41, 5.74) is 2.54. The van der Waals surface area contributed by atoms with Gasteiger partial charge in [-0.1, -0.05) is 18.2 Å². The number of benzene rings is 1. The van der Waals surface area contributed by atoms with Gasteiger partial charge in [-0.15, -0.1) is 0 Å². The fourth-order valence-electron chi connectivity index (χ4n) is 2.08. The molecule has 20 heavy (non-hydrogen) atoms. The molecule has 0 fully saturated rings. The quantitative estimate of drug-likeness (QED) is 0.725. The molecule has 0 aliphatic rings. The van der Waals surface area contributed by atoms with Crippen LogP contribution in [0.5, 0.6) is 5.88 Å². The zero-order valence-corrected chi connectivity index (χ0v) is 11.3. The van der Waals surface area contributed by atoms with Gasteiger partial charge < -0.3 is 9.15 Å². The largest absolute Gasteiger partial charge is 0.481 e. The van der Waals surface area contributed by atoms with E-state index in [0.717, 1.165) is 22.6 Å². The van der Waals surface area contributed by atoms with E-state index in [1.807, 2.05) is 49.4 Å². The van der Waals surface area contributed by atoms with Crippen LogP contribution in [0.4, 0.5) is 0 Å². The van der Waals surface area contributed by atoms with Crippen molar-refractivity contribution in [1.82, 2.24) is 9.97 Å². The molecule has 0 amide bonds. The van der Waals surface area contributed by atoms with Gasteiger partial charge in [0.15, 0.2) is 0 Å². The smallest absolute Gasteiger partial charge is 0.226 e. The summed E-state index contributed by atoms with van der Waals surface area (Å²) in [5, 5.41) is 0. The zero-order chi connectivity index (χ0) is 13.9. The van der Waals surface area contributed by atoms with Crippen LogP contribution in [0.25, 0.3) is 22.7 Å². The highest BCUT2D eigenvalue weighted by Crippen LogP contribution is 2.32. The molecule has 0 bridgehead atoms. The molecule has 4 nitrogen and oxygen atoms in total. The van der Waals surface area contributed by atoms with Crippen molar-refractivity contribution in [2.45, 2.75) is 6.92 Å². The number of aryl methyl sites for hydroxylation is 1. The minimum atomic E-state index is 0.545. The molecular formula is C16H14N2O2. The first-order valence-corrected chi connectivity index (χ1v) is 6.32. The maximum absolute atomic E-state index is 5.76. The Bertz CT molecular complexity index is 720. The average molecular weight is 266 g/mol. The Hall–Kier alpha value is -2.62. The van der Waals surface area contributed by atoms with E-state index in [2.05, 4.69) is 9.97 Å². The van der Waals surface area contributed by atoms with Crippen LogP contribution in [0, 0.1) is 6.92 Å². The van der Waals surface area contributed by atoms with Crippen LogP contribution in [-0.2, 0) is 0 Å². The van der Waals surface area contributed by atoms with Gasteiger partial charge in [0.05, 0.1) is 12.7 Å². The summed E-state index contributed by atoms with van der Waals surface area (Å²) in [6.45, 7) is 1.89. The van der Waals surface area contributed by atoms with Crippen molar-refractivity contribution in [2.75, 3.05) is 7.11 Å². The lowest BCUT2D eigenvalue weighted by atomic mass is 10.2. The molecule has 0 radical (unpaired) electrons. The minimum absolute atomic E-state index is 0.545. The van der Waals surface area contributed by atoms with Crippen molar-refractivity contribution in [2.24, 2.45) is 0 Å². The van der Waals surface area contributed by atoms with E-state index in [1.54, 1.807) is 13.3 Å². The number of nitrogens with zero attached hydrogens (tertiary/aromatic N) is 2. The molecule has 0 N–H and O–H groups in total. The zero-order valence-electron chi connectivity index (χ0n) is 11.3. The number of methoxy groups -OCH3 is 1. The van der Waals surface area contributed by atoms with E-state index in [4.69, 9.17) is 9.15 Å². The molecule has 0 atom stereocenters. The second-order valence-electron chi connectivity index (χ2n) is 4.35. The third kappa shape index (κ3) is 2.16. The van der Waals surface area contributed by atoms with Gasteiger partial charge in [-0.25, -0.2) is 9.97 Å². The van der Waals surface area contributed by atoms with Gasteiger partial charge in [0.1, 0.15) is 11.5 Å². The summed E-state index contributed by atoms with van der Waals surface area (Å²) >= 11 is 0. The number of pyridine rings is 1. The number of oxazole rings is 1. The second-order valence-corrected chi connectivity index (χ2v) is 4.35. The third-order valence-corrected chi connectivity index (χ3v) is 3.04. The van der Waals surface area contributed by atoms with Crippen LogP contribution < -0.4 is 4.74 Å². The van der Waals surface area contributed by atoms with E-state index in [-0.39, 0.29) is 0 Å². The molecule has 3 rings (SSSR count). The van der Waals surface area contributed by atoms with E-state index < -0.39 is 0 Å². The first-order chi connectivity index (χ1) is 9.79. The van der Waals surface area contributed by atoms with Crippen LogP contribution in [0.15, 0.2) is 53.1 Å². The van der Waals surface area contributed by atoms with Crippen molar-refractivity contribution in [3.05, 3.63) is 54.4 Å². The standard InChI is InChI=1S/C16H14N2O2/c1-11-14(13-9-6-10-17-16(13)19-2)18-15(20-11)12-7-4-3-5-8-12/h3-10H,1-2H3. The molecule has 0 aliphatic carbocycles. The molecule has 100 valence electrons. The van der Waals surface area contributed by atoms with Crippen LogP contribution >= 0.6 is 0 Å². The summed E-state index contributed by atoms with van der Waals surface area (Å²) < 4.78 is 11.0. The molecule has 0 aliphatic heterocycles. The number of hydrogen-bond acceptors (Lipinski definition) is 4. The van der Waals surface area contributed by atoms with E-state index in [0.29, 0.717) is 11.8 Å². The van der Waals surface area contributed by atoms with Crippen molar-refractivity contribution in [3.8, 4) is 28.6 Å². The number of ether oxygens (including phenoxy) is 1. The Labute approximate surface area is 117 Å². The fourth-order valence-corrected chi connectivity index (χ4v) is 2.08. The summed E-state index contributed by atoms with van der Waals surface area (Å²) in [6.07, 6.45) is 1.69. The topological polar surface area (TPSA) is 48.2 Å². The molecule has 4 heteroatoms. The highest BCUT2D eigenvalue weighted by Gasteiger charge is 2.16. The molecule has 2 heterocycles. The normalized spacial score (nSPS) is 10.5. The molecule has 0 spiro atoms. The molecule has 1 aromatic carbocycles. The predicted octanol–water partition coefficient (Wildman–Crippen LogP) is 3.72. The van der Waals surface area contributed by atoms with Gasteiger partial charge in [-0.05, 0) is 31.2 Å².